The average molecular weight is 495 g/mol. The van der Waals surface area contributed by atoms with Gasteiger partial charge in [0.05, 0.1) is 35.4 Å². The van der Waals surface area contributed by atoms with E-state index in [2.05, 4.69) is 46.1 Å². The molecule has 0 fully saturated rings. The number of nitrogen functional groups attached to an aromatic ring is 1. The lowest BCUT2D eigenvalue weighted by atomic mass is 10.1. The molecular weight excluding hydrogens is 476 g/mol. The molecule has 0 spiro atoms. The van der Waals surface area contributed by atoms with Crippen LogP contribution in [0.4, 0.5) is 5.82 Å². The van der Waals surface area contributed by atoms with Crippen LogP contribution in [-0.4, -0.2) is 48.1 Å². The molecule has 32 heavy (non-hydrogen) atoms. The predicted molar refractivity (Wildman–Crippen MR) is 121 cm³/mol. The van der Waals surface area contributed by atoms with Crippen molar-refractivity contribution in [1.29, 1.82) is 0 Å². The number of pyridine rings is 2. The number of nitrogens with two attached hydrogens (primary N) is 1. The molecular formula is C21H19BrN8O2. The number of halogens is 1. The van der Waals surface area contributed by atoms with Gasteiger partial charge >= 0.3 is 0 Å². The highest BCUT2D eigenvalue weighted by molar-refractivity contribution is 9.10. The number of carbonyl (C=O) groups excluding carboxylic acids is 1. The zero-order valence-electron chi connectivity index (χ0n) is 17.3. The first kappa shape index (κ1) is 21.5. The van der Waals surface area contributed by atoms with Crippen LogP contribution < -0.4 is 10.5 Å². The van der Waals surface area contributed by atoms with Crippen molar-refractivity contribution in [2.45, 2.75) is 19.5 Å². The molecule has 1 atom stereocenters. The fourth-order valence-corrected chi connectivity index (χ4v) is 3.44. The van der Waals surface area contributed by atoms with Crippen molar-refractivity contribution in [2.75, 3.05) is 12.8 Å². The highest BCUT2D eigenvalue weighted by Gasteiger charge is 2.26. The summed E-state index contributed by atoms with van der Waals surface area (Å²) in [5.41, 5.74) is 7.27. The summed E-state index contributed by atoms with van der Waals surface area (Å²) in [6.07, 6.45) is 4.76. The summed E-state index contributed by atoms with van der Waals surface area (Å²) in [6.45, 7) is 2.05. The third-order valence-electron chi connectivity index (χ3n) is 4.82. The van der Waals surface area contributed by atoms with Crippen LogP contribution in [0, 0.1) is 0 Å². The summed E-state index contributed by atoms with van der Waals surface area (Å²) in [5.74, 6) is 0.971. The molecule has 0 aliphatic heterocycles. The minimum Gasteiger partial charge on any atom is -0.480 e. The Kier molecular flexibility index (Phi) is 6.17. The number of nitrogens with zero attached hydrogens (tertiary/aromatic N) is 7. The van der Waals surface area contributed by atoms with Gasteiger partial charge in [0, 0.05) is 30.0 Å². The summed E-state index contributed by atoms with van der Waals surface area (Å²) in [4.78, 5) is 32.4. The molecule has 4 aromatic heterocycles. The molecule has 11 heteroatoms. The zero-order chi connectivity index (χ0) is 22.7. The van der Waals surface area contributed by atoms with Crippen LogP contribution in [0.5, 0.6) is 5.88 Å². The predicted octanol–water partition coefficient (Wildman–Crippen LogP) is 2.97. The van der Waals surface area contributed by atoms with Gasteiger partial charge in [-0.3, -0.25) is 4.79 Å². The average Bonchev–Trinajstić information content (AvgIpc) is 2.83. The second kappa shape index (κ2) is 9.18. The van der Waals surface area contributed by atoms with Crippen LogP contribution in [0.15, 0.2) is 53.4 Å². The minimum absolute atomic E-state index is 0.191. The topological polar surface area (TPSA) is 133 Å². The van der Waals surface area contributed by atoms with E-state index >= 15 is 0 Å². The second-order valence-electron chi connectivity index (χ2n) is 6.91. The van der Waals surface area contributed by atoms with Crippen molar-refractivity contribution in [3.63, 3.8) is 0 Å². The number of fused-ring (bicyclic) bond motifs is 1. The van der Waals surface area contributed by atoms with E-state index in [1.807, 2.05) is 6.92 Å². The fourth-order valence-electron chi connectivity index (χ4n) is 3.10. The van der Waals surface area contributed by atoms with Gasteiger partial charge in [-0.05, 0) is 47.1 Å². The van der Waals surface area contributed by atoms with Crippen molar-refractivity contribution >= 4 is 38.7 Å². The van der Waals surface area contributed by atoms with Crippen molar-refractivity contribution in [3.8, 4) is 5.88 Å². The zero-order valence-corrected chi connectivity index (χ0v) is 18.9. The summed E-state index contributed by atoms with van der Waals surface area (Å²) < 4.78 is 5.70. The first-order valence-corrected chi connectivity index (χ1v) is 10.4. The maximum Gasteiger partial charge on any atom is 0.256 e. The van der Waals surface area contributed by atoms with Gasteiger partial charge in [0.2, 0.25) is 5.88 Å². The molecule has 0 radical (unpaired) electrons. The number of amides is 1. The molecule has 1 amide bonds. The first-order valence-electron chi connectivity index (χ1n) is 9.62. The highest BCUT2D eigenvalue weighted by atomic mass is 79.9. The molecule has 0 aliphatic rings. The van der Waals surface area contributed by atoms with Crippen LogP contribution in [0.3, 0.4) is 0 Å². The summed E-state index contributed by atoms with van der Waals surface area (Å²) >= 11 is 3.36. The number of rotatable bonds is 6. The van der Waals surface area contributed by atoms with Gasteiger partial charge in [-0.2, -0.15) is 5.10 Å². The third kappa shape index (κ3) is 4.47. The maximum atomic E-state index is 13.6. The molecule has 162 valence electrons. The number of methoxy groups -OCH3 is 1. The van der Waals surface area contributed by atoms with Crippen LogP contribution in [-0.2, 0) is 6.54 Å². The van der Waals surface area contributed by atoms with Gasteiger partial charge in [0.1, 0.15) is 11.6 Å². The number of carbonyl (C=O) groups is 1. The van der Waals surface area contributed by atoms with E-state index in [1.54, 1.807) is 47.6 Å². The van der Waals surface area contributed by atoms with Crippen LogP contribution in [0.1, 0.15) is 34.8 Å². The number of ether oxygens (including phenoxy) is 1. The van der Waals surface area contributed by atoms with Gasteiger partial charge in [0.15, 0.2) is 5.65 Å². The SMILES string of the molecule is COc1ccc(CN(C(=O)c2cnc3nc(N)c(Br)cc3c2)C(C)c2ncccn2)nn1. The molecule has 0 aliphatic carbocycles. The van der Waals surface area contributed by atoms with E-state index in [0.717, 1.165) is 0 Å². The number of anilines is 1. The Morgan fingerprint density at radius 3 is 2.66 bits per heavy atom. The lowest BCUT2D eigenvalue weighted by Crippen LogP contribution is -2.34. The molecule has 4 aromatic rings. The van der Waals surface area contributed by atoms with Crippen LogP contribution >= 0.6 is 15.9 Å². The first-order chi connectivity index (χ1) is 15.5. The smallest absolute Gasteiger partial charge is 0.256 e. The molecule has 0 aromatic carbocycles. The standard InChI is InChI=1S/C21H19BrN8O2/c1-12(19-24-6-3-7-25-19)30(11-15-4-5-17(32-2)29-28-15)21(31)14-8-13-9-16(22)18(23)27-20(13)26-10-14/h3-10,12H,11H2,1-2H3,(H2,23,26,27). The summed E-state index contributed by atoms with van der Waals surface area (Å²) in [6, 6.07) is 8.26. The van der Waals surface area contributed by atoms with Crippen molar-refractivity contribution in [2.24, 2.45) is 0 Å². The van der Waals surface area contributed by atoms with Gasteiger partial charge in [0.25, 0.3) is 5.91 Å². The highest BCUT2D eigenvalue weighted by Crippen LogP contribution is 2.25. The maximum absolute atomic E-state index is 13.6. The lowest BCUT2D eigenvalue weighted by Gasteiger charge is -2.28. The lowest BCUT2D eigenvalue weighted by molar-refractivity contribution is 0.0662. The Morgan fingerprint density at radius 1 is 1.19 bits per heavy atom. The Morgan fingerprint density at radius 2 is 1.97 bits per heavy atom. The number of hydrogen-bond donors (Lipinski definition) is 1. The fraction of sp³-hybridized carbons (Fsp3) is 0.190. The monoisotopic (exact) mass is 494 g/mol. The number of aromatic nitrogens is 6. The molecule has 0 bridgehead atoms. The molecule has 2 N–H and O–H groups in total. The van der Waals surface area contributed by atoms with Gasteiger partial charge in [-0.1, -0.05) is 0 Å². The Labute approximate surface area is 192 Å². The van der Waals surface area contributed by atoms with Crippen LogP contribution in [0.25, 0.3) is 11.0 Å². The molecule has 0 saturated heterocycles. The second-order valence-corrected chi connectivity index (χ2v) is 7.76. The van der Waals surface area contributed by atoms with E-state index in [4.69, 9.17) is 10.5 Å². The Bertz CT molecular complexity index is 1250. The molecule has 0 saturated carbocycles. The van der Waals surface area contributed by atoms with Gasteiger partial charge in [-0.25, -0.2) is 19.9 Å². The van der Waals surface area contributed by atoms with Crippen molar-refractivity contribution < 1.29 is 9.53 Å². The Balaban J connectivity index is 1.71. The van der Waals surface area contributed by atoms with E-state index in [1.165, 1.54) is 13.3 Å². The largest absolute Gasteiger partial charge is 0.480 e. The normalized spacial score (nSPS) is 11.8. The van der Waals surface area contributed by atoms with Crippen LogP contribution in [0.2, 0.25) is 0 Å². The minimum atomic E-state index is -0.431. The summed E-state index contributed by atoms with van der Waals surface area (Å²) in [7, 11) is 1.52. The van der Waals surface area contributed by atoms with E-state index in [0.29, 0.717) is 44.3 Å². The Hall–Kier alpha value is -3.73. The van der Waals surface area contributed by atoms with E-state index in [-0.39, 0.29) is 12.5 Å². The third-order valence-corrected chi connectivity index (χ3v) is 5.46. The van der Waals surface area contributed by atoms with E-state index < -0.39 is 6.04 Å². The van der Waals surface area contributed by atoms with E-state index in [9.17, 15) is 4.79 Å². The number of hydrogen-bond acceptors (Lipinski definition) is 9. The van der Waals surface area contributed by atoms with Crippen molar-refractivity contribution in [3.05, 3.63) is 70.5 Å². The molecule has 4 heterocycles. The molecule has 1 unspecified atom stereocenters. The van der Waals surface area contributed by atoms with Gasteiger partial charge < -0.3 is 15.4 Å². The van der Waals surface area contributed by atoms with Gasteiger partial charge in [-0.15, -0.1) is 5.10 Å². The van der Waals surface area contributed by atoms with Crippen molar-refractivity contribution in [1.82, 2.24) is 35.0 Å². The molecule has 10 nitrogen and oxygen atoms in total. The quantitative estimate of drug-likeness (QED) is 0.429. The molecule has 4 rings (SSSR count). The summed E-state index contributed by atoms with van der Waals surface area (Å²) in [5, 5.41) is 8.84.